The number of thiazole rings is 1. The molecule has 0 N–H and O–H groups in total. The summed E-state index contributed by atoms with van der Waals surface area (Å²) in [5, 5.41) is 0.439. The van der Waals surface area contributed by atoms with Gasteiger partial charge in [0.2, 0.25) is 0 Å². The van der Waals surface area contributed by atoms with E-state index in [0.717, 1.165) is 24.7 Å². The molecular weight excluding hydrogens is 569 g/mol. The average molecular weight is 599 g/mol. The van der Waals surface area contributed by atoms with E-state index >= 15 is 0 Å². The van der Waals surface area contributed by atoms with Crippen molar-refractivity contribution < 1.29 is 21.6 Å². The van der Waals surface area contributed by atoms with Gasteiger partial charge in [0.25, 0.3) is 15.9 Å². The first-order valence-corrected chi connectivity index (χ1v) is 16.9. The number of hydrogen-bond donors (Lipinski definition) is 0. The van der Waals surface area contributed by atoms with E-state index in [1.807, 2.05) is 43.3 Å². The van der Waals surface area contributed by atoms with Crippen LogP contribution in [0.15, 0.2) is 76.5 Å². The minimum Gasteiger partial charge on any atom is -0.308 e. The Balaban J connectivity index is 1.45. The van der Waals surface area contributed by atoms with E-state index in [1.54, 1.807) is 17.0 Å². The van der Waals surface area contributed by atoms with Crippen molar-refractivity contribution in [2.75, 3.05) is 49.2 Å². The second kappa shape index (κ2) is 10.9. The minimum absolute atomic E-state index is 0.119. The van der Waals surface area contributed by atoms with Crippen molar-refractivity contribution in [1.82, 2.24) is 9.88 Å². The Labute approximate surface area is 238 Å². The molecule has 9 nitrogen and oxygen atoms in total. The number of carbonyl (C=O) groups is 1. The van der Waals surface area contributed by atoms with Crippen LogP contribution in [0.25, 0.3) is 10.2 Å². The first-order valence-electron chi connectivity index (χ1n) is 12.7. The van der Waals surface area contributed by atoms with Gasteiger partial charge in [0.1, 0.15) is 0 Å². The number of sulfonamides is 1. The highest BCUT2D eigenvalue weighted by atomic mass is 32.2. The quantitative estimate of drug-likeness (QED) is 0.301. The fourth-order valence-corrected chi connectivity index (χ4v) is 7.92. The molecule has 0 saturated heterocycles. The highest BCUT2D eigenvalue weighted by Gasteiger charge is 2.29. The summed E-state index contributed by atoms with van der Waals surface area (Å²) in [7, 11) is -3.39. The van der Waals surface area contributed by atoms with Crippen molar-refractivity contribution in [2.24, 2.45) is 0 Å². The number of carbonyl (C=O) groups excluding carboxylic acids is 1. The Morgan fingerprint density at radius 2 is 1.65 bits per heavy atom. The van der Waals surface area contributed by atoms with Crippen LogP contribution in [0.3, 0.4) is 0 Å². The van der Waals surface area contributed by atoms with Crippen LogP contribution >= 0.6 is 11.3 Å². The molecule has 0 fully saturated rings. The molecule has 0 unspecified atom stereocenters. The third-order valence-corrected chi connectivity index (χ3v) is 10.8. The number of benzene rings is 3. The summed E-state index contributed by atoms with van der Waals surface area (Å²) in [6.45, 7) is 1.31. The summed E-state index contributed by atoms with van der Waals surface area (Å²) in [6.07, 6.45) is 2.72. The molecule has 0 spiro atoms. The number of likely N-dealkylation sites (N-methyl/N-ethyl adjacent to an activating group) is 1. The smallest absolute Gasteiger partial charge is 0.264 e. The maximum Gasteiger partial charge on any atom is 0.264 e. The van der Waals surface area contributed by atoms with E-state index in [-0.39, 0.29) is 15.7 Å². The molecule has 0 radical (unpaired) electrons. The normalized spacial score (nSPS) is 13.9. The van der Waals surface area contributed by atoms with E-state index < -0.39 is 19.9 Å². The van der Waals surface area contributed by atoms with E-state index in [4.69, 9.17) is 0 Å². The molecule has 12 heteroatoms. The molecule has 0 atom stereocenters. The van der Waals surface area contributed by atoms with Gasteiger partial charge in [-0.2, -0.15) is 0 Å². The number of para-hydroxylation sites is 1. The van der Waals surface area contributed by atoms with Crippen LogP contribution in [-0.2, 0) is 26.3 Å². The number of fused-ring (bicyclic) bond motifs is 2. The molecule has 210 valence electrons. The van der Waals surface area contributed by atoms with Gasteiger partial charge in [0, 0.05) is 31.5 Å². The lowest BCUT2D eigenvalue weighted by Crippen LogP contribution is -2.37. The molecule has 5 rings (SSSR count). The predicted molar refractivity (Wildman–Crippen MR) is 159 cm³/mol. The number of nitrogens with zero attached hydrogens (tertiary/aromatic N) is 4. The SMILES string of the molecule is CN(C)CCN(C(=O)c1ccc(S(=O)(=O)N2CCCc3ccccc32)cc1)c1nc2ccc(S(C)(=O)=O)cc2s1. The summed E-state index contributed by atoms with van der Waals surface area (Å²) in [6, 6.07) is 18.2. The lowest BCUT2D eigenvalue weighted by atomic mass is 10.0. The Kier molecular flexibility index (Phi) is 7.71. The zero-order valence-electron chi connectivity index (χ0n) is 22.4. The number of anilines is 2. The lowest BCUT2D eigenvalue weighted by molar-refractivity contribution is 0.0985. The average Bonchev–Trinajstić information content (AvgIpc) is 3.35. The van der Waals surface area contributed by atoms with Crippen molar-refractivity contribution in [1.29, 1.82) is 0 Å². The van der Waals surface area contributed by atoms with Gasteiger partial charge in [-0.3, -0.25) is 14.0 Å². The minimum atomic E-state index is -3.80. The van der Waals surface area contributed by atoms with Gasteiger partial charge in [-0.15, -0.1) is 0 Å². The number of hydrogen-bond acceptors (Lipinski definition) is 8. The first-order chi connectivity index (χ1) is 18.9. The van der Waals surface area contributed by atoms with Gasteiger partial charge in [0.15, 0.2) is 15.0 Å². The Morgan fingerprint density at radius 1 is 0.950 bits per heavy atom. The zero-order chi connectivity index (χ0) is 28.7. The highest BCUT2D eigenvalue weighted by Crippen LogP contribution is 2.33. The molecule has 1 aromatic heterocycles. The molecular formula is C28H30N4O5S3. The summed E-state index contributed by atoms with van der Waals surface area (Å²) < 4.78 is 53.2. The standard InChI is InChI=1S/C28H30N4O5S3/c1-30(2)17-18-31(28-29-24-15-14-23(39(3,34)35)19-26(24)38-28)27(33)21-10-12-22(13-11-21)40(36,37)32-16-6-8-20-7-4-5-9-25(20)32/h4-5,7,9-15,19H,6,8,16-18H2,1-3H3. The molecule has 4 aromatic rings. The molecule has 0 saturated carbocycles. The Morgan fingerprint density at radius 3 is 2.35 bits per heavy atom. The van der Waals surface area contributed by atoms with Crippen LogP contribution in [0.5, 0.6) is 0 Å². The van der Waals surface area contributed by atoms with Crippen molar-refractivity contribution in [3.63, 3.8) is 0 Å². The summed E-state index contributed by atoms with van der Waals surface area (Å²) in [5.74, 6) is -0.323. The van der Waals surface area contributed by atoms with Crippen LogP contribution in [0, 0.1) is 0 Å². The lowest BCUT2D eigenvalue weighted by Gasteiger charge is -2.30. The van der Waals surface area contributed by atoms with Gasteiger partial charge in [0.05, 0.1) is 25.7 Å². The highest BCUT2D eigenvalue weighted by molar-refractivity contribution is 7.92. The second-order valence-corrected chi connectivity index (χ2v) is 14.9. The topological polar surface area (TPSA) is 108 Å². The number of amides is 1. The van der Waals surface area contributed by atoms with Gasteiger partial charge >= 0.3 is 0 Å². The third kappa shape index (κ3) is 5.62. The molecule has 1 aliphatic heterocycles. The maximum absolute atomic E-state index is 13.7. The molecule has 0 aliphatic carbocycles. The van der Waals surface area contributed by atoms with Crippen molar-refractivity contribution in [2.45, 2.75) is 22.6 Å². The fraction of sp³-hybridized carbons (Fsp3) is 0.286. The van der Waals surface area contributed by atoms with Crippen LogP contribution in [0.4, 0.5) is 10.8 Å². The van der Waals surface area contributed by atoms with Crippen molar-refractivity contribution in [3.05, 3.63) is 77.9 Å². The second-order valence-electron chi connectivity index (χ2n) is 9.99. The number of aryl methyl sites for hydroxylation is 1. The van der Waals surface area contributed by atoms with Crippen LogP contribution in [0.2, 0.25) is 0 Å². The summed E-state index contributed by atoms with van der Waals surface area (Å²) in [4.78, 5) is 22.1. The molecule has 3 aromatic carbocycles. The predicted octanol–water partition coefficient (Wildman–Crippen LogP) is 4.05. The van der Waals surface area contributed by atoms with E-state index in [2.05, 4.69) is 4.98 Å². The number of rotatable bonds is 8. The molecule has 1 amide bonds. The molecule has 40 heavy (non-hydrogen) atoms. The fourth-order valence-electron chi connectivity index (χ4n) is 4.62. The molecule has 2 heterocycles. The van der Waals surface area contributed by atoms with Crippen molar-refractivity contribution in [3.8, 4) is 0 Å². The van der Waals surface area contributed by atoms with Crippen LogP contribution in [-0.4, -0.2) is 72.6 Å². The molecule has 0 bridgehead atoms. The Hall–Kier alpha value is -3.32. The van der Waals surface area contributed by atoms with Gasteiger partial charge in [-0.25, -0.2) is 21.8 Å². The van der Waals surface area contributed by atoms with E-state index in [0.29, 0.717) is 46.2 Å². The van der Waals surface area contributed by atoms with Crippen LogP contribution in [0.1, 0.15) is 22.3 Å². The number of aromatic nitrogens is 1. The largest absolute Gasteiger partial charge is 0.308 e. The first kappa shape index (κ1) is 28.2. The van der Waals surface area contributed by atoms with Gasteiger partial charge < -0.3 is 4.90 Å². The Bertz CT molecular complexity index is 1780. The van der Waals surface area contributed by atoms with Gasteiger partial charge in [-0.1, -0.05) is 29.5 Å². The van der Waals surface area contributed by atoms with E-state index in [1.165, 1.54) is 46.0 Å². The third-order valence-electron chi connectivity index (χ3n) is 6.78. The van der Waals surface area contributed by atoms with E-state index in [9.17, 15) is 21.6 Å². The van der Waals surface area contributed by atoms with Crippen LogP contribution < -0.4 is 9.21 Å². The summed E-state index contributed by atoms with van der Waals surface area (Å²) in [5.41, 5.74) is 2.62. The zero-order valence-corrected chi connectivity index (χ0v) is 24.9. The summed E-state index contributed by atoms with van der Waals surface area (Å²) >= 11 is 1.24. The number of sulfone groups is 1. The monoisotopic (exact) mass is 598 g/mol. The molecule has 1 aliphatic rings. The maximum atomic E-state index is 13.7. The van der Waals surface area contributed by atoms with Crippen molar-refractivity contribution >= 4 is 58.1 Å². The van der Waals surface area contributed by atoms with Gasteiger partial charge in [-0.05, 0) is 81.0 Å².